The van der Waals surface area contributed by atoms with Gasteiger partial charge in [-0.05, 0) is 25.0 Å². The summed E-state index contributed by atoms with van der Waals surface area (Å²) in [5.74, 6) is -1.75. The first-order chi connectivity index (χ1) is 9.65. The van der Waals surface area contributed by atoms with Crippen LogP contribution in [0.1, 0.15) is 19.3 Å². The molecule has 1 amide bonds. The molecule has 0 aromatic heterocycles. The number of halogens is 2. The largest absolute Gasteiger partial charge is 0.377 e. The molecule has 1 aliphatic heterocycles. The first-order valence-corrected chi connectivity index (χ1v) is 6.72. The smallest absolute Gasteiger partial charge is 0.225 e. The van der Waals surface area contributed by atoms with Crippen LogP contribution >= 0.6 is 0 Å². The van der Waals surface area contributed by atoms with Crippen LogP contribution in [0.2, 0.25) is 0 Å². The van der Waals surface area contributed by atoms with Crippen molar-refractivity contribution < 1.29 is 18.3 Å². The van der Waals surface area contributed by atoms with Gasteiger partial charge >= 0.3 is 0 Å². The van der Waals surface area contributed by atoms with E-state index in [9.17, 15) is 13.6 Å². The van der Waals surface area contributed by atoms with Crippen molar-refractivity contribution in [1.82, 2.24) is 5.32 Å². The molecule has 2 rings (SSSR count). The van der Waals surface area contributed by atoms with Gasteiger partial charge in [-0.15, -0.1) is 0 Å². The summed E-state index contributed by atoms with van der Waals surface area (Å²) in [4.78, 5) is 11.6. The lowest BCUT2D eigenvalue weighted by Crippen LogP contribution is -2.29. The van der Waals surface area contributed by atoms with Crippen LogP contribution in [0.3, 0.4) is 0 Å². The fourth-order valence-electron chi connectivity index (χ4n) is 2.07. The lowest BCUT2D eigenvalue weighted by atomic mass is 10.2. The van der Waals surface area contributed by atoms with Crippen LogP contribution in [0, 0.1) is 11.6 Å². The van der Waals surface area contributed by atoms with E-state index in [1.807, 2.05) is 0 Å². The van der Waals surface area contributed by atoms with E-state index in [0.717, 1.165) is 38.1 Å². The molecule has 1 unspecified atom stereocenters. The topological polar surface area (TPSA) is 50.4 Å². The Morgan fingerprint density at radius 2 is 2.25 bits per heavy atom. The third-order valence-corrected chi connectivity index (χ3v) is 3.13. The van der Waals surface area contributed by atoms with Crippen LogP contribution < -0.4 is 10.6 Å². The van der Waals surface area contributed by atoms with Crippen LogP contribution in [0.15, 0.2) is 18.2 Å². The molecule has 1 aromatic rings. The van der Waals surface area contributed by atoms with E-state index < -0.39 is 11.6 Å². The van der Waals surface area contributed by atoms with Crippen molar-refractivity contribution in [2.75, 3.05) is 25.0 Å². The number of amides is 1. The summed E-state index contributed by atoms with van der Waals surface area (Å²) in [5.41, 5.74) is -0.00414. The highest BCUT2D eigenvalue weighted by atomic mass is 19.1. The first-order valence-electron chi connectivity index (χ1n) is 6.72. The summed E-state index contributed by atoms with van der Waals surface area (Å²) in [6.07, 6.45) is 2.58. The zero-order valence-electron chi connectivity index (χ0n) is 11.1. The van der Waals surface area contributed by atoms with Gasteiger partial charge in [0.05, 0.1) is 11.8 Å². The molecule has 1 fully saturated rings. The van der Waals surface area contributed by atoms with Crippen LogP contribution in [-0.2, 0) is 9.53 Å². The van der Waals surface area contributed by atoms with Crippen molar-refractivity contribution >= 4 is 11.6 Å². The van der Waals surface area contributed by atoms with Gasteiger partial charge in [0.1, 0.15) is 11.6 Å². The molecule has 0 saturated carbocycles. The van der Waals surface area contributed by atoms with E-state index >= 15 is 0 Å². The number of carbonyl (C=O) groups excluding carboxylic acids is 1. The van der Waals surface area contributed by atoms with E-state index in [4.69, 9.17) is 4.74 Å². The number of ether oxygens (including phenoxy) is 1. The second kappa shape index (κ2) is 7.31. The second-order valence-corrected chi connectivity index (χ2v) is 4.76. The van der Waals surface area contributed by atoms with Gasteiger partial charge in [-0.2, -0.15) is 0 Å². The maximum atomic E-state index is 13.3. The number of hydrogen-bond acceptors (Lipinski definition) is 3. The molecular weight excluding hydrogens is 266 g/mol. The summed E-state index contributed by atoms with van der Waals surface area (Å²) < 4.78 is 31.5. The molecule has 4 nitrogen and oxygen atoms in total. The maximum Gasteiger partial charge on any atom is 0.225 e. The molecule has 20 heavy (non-hydrogen) atoms. The van der Waals surface area contributed by atoms with Gasteiger partial charge in [0.15, 0.2) is 0 Å². The van der Waals surface area contributed by atoms with Gasteiger partial charge in [-0.25, -0.2) is 8.78 Å². The highest BCUT2D eigenvalue weighted by molar-refractivity contribution is 5.90. The predicted octanol–water partition coefficient (Wildman–Crippen LogP) is 2.06. The Balaban J connectivity index is 1.67. The van der Waals surface area contributed by atoms with Crippen molar-refractivity contribution in [1.29, 1.82) is 0 Å². The van der Waals surface area contributed by atoms with E-state index in [1.165, 1.54) is 6.07 Å². The molecule has 6 heteroatoms. The van der Waals surface area contributed by atoms with Gasteiger partial charge in [0.2, 0.25) is 5.91 Å². The molecule has 0 spiro atoms. The zero-order valence-corrected chi connectivity index (χ0v) is 11.1. The average molecular weight is 284 g/mol. The third kappa shape index (κ3) is 4.54. The summed E-state index contributed by atoms with van der Waals surface area (Å²) in [6, 6.07) is 3.06. The summed E-state index contributed by atoms with van der Waals surface area (Å²) in [6.45, 7) is 2.02. The Morgan fingerprint density at radius 3 is 2.95 bits per heavy atom. The lowest BCUT2D eigenvalue weighted by Gasteiger charge is -2.11. The van der Waals surface area contributed by atoms with Crippen molar-refractivity contribution in [3.63, 3.8) is 0 Å². The number of anilines is 1. The Bertz CT molecular complexity index is 462. The van der Waals surface area contributed by atoms with Crippen LogP contribution in [0.25, 0.3) is 0 Å². The lowest BCUT2D eigenvalue weighted by molar-refractivity contribution is -0.116. The number of nitrogens with one attached hydrogen (secondary N) is 2. The minimum atomic E-state index is -0.773. The number of rotatable bonds is 6. The molecule has 1 aliphatic rings. The van der Waals surface area contributed by atoms with Crippen molar-refractivity contribution in [2.24, 2.45) is 0 Å². The minimum Gasteiger partial charge on any atom is -0.377 e. The average Bonchev–Trinajstić information content (AvgIpc) is 2.91. The Morgan fingerprint density at radius 1 is 1.40 bits per heavy atom. The zero-order chi connectivity index (χ0) is 14.4. The summed E-state index contributed by atoms with van der Waals surface area (Å²) >= 11 is 0. The molecular formula is C14H18F2N2O2. The third-order valence-electron chi connectivity index (χ3n) is 3.13. The van der Waals surface area contributed by atoms with E-state index in [0.29, 0.717) is 6.54 Å². The molecule has 0 aliphatic carbocycles. The quantitative estimate of drug-likeness (QED) is 0.786. The van der Waals surface area contributed by atoms with Gasteiger partial charge in [0.25, 0.3) is 0 Å². The van der Waals surface area contributed by atoms with Gasteiger partial charge in [-0.1, -0.05) is 0 Å². The molecule has 1 aromatic carbocycles. The van der Waals surface area contributed by atoms with Crippen molar-refractivity contribution in [3.05, 3.63) is 29.8 Å². The number of carbonyl (C=O) groups is 1. The van der Waals surface area contributed by atoms with Crippen LogP contribution in [-0.4, -0.2) is 31.7 Å². The Labute approximate surface area is 116 Å². The number of benzene rings is 1. The summed E-state index contributed by atoms with van der Waals surface area (Å²) in [5, 5.41) is 5.54. The van der Waals surface area contributed by atoms with Gasteiger partial charge in [-0.3, -0.25) is 4.79 Å². The van der Waals surface area contributed by atoms with Crippen LogP contribution in [0.5, 0.6) is 0 Å². The fourth-order valence-corrected chi connectivity index (χ4v) is 2.07. The monoisotopic (exact) mass is 284 g/mol. The molecule has 1 heterocycles. The highest BCUT2D eigenvalue weighted by Gasteiger charge is 2.14. The Kier molecular flexibility index (Phi) is 5.43. The Hall–Kier alpha value is -1.53. The fraction of sp³-hybridized carbons (Fsp3) is 0.500. The highest BCUT2D eigenvalue weighted by Crippen LogP contribution is 2.15. The van der Waals surface area contributed by atoms with E-state index in [-0.39, 0.29) is 24.1 Å². The summed E-state index contributed by atoms with van der Waals surface area (Å²) in [7, 11) is 0. The van der Waals surface area contributed by atoms with Gasteiger partial charge in [0, 0.05) is 32.2 Å². The number of hydrogen-bond donors (Lipinski definition) is 2. The SMILES string of the molecule is O=C(CCNCC1CCCO1)Nc1ccc(F)cc1F. The van der Waals surface area contributed by atoms with Crippen molar-refractivity contribution in [3.8, 4) is 0 Å². The molecule has 1 atom stereocenters. The van der Waals surface area contributed by atoms with Crippen LogP contribution in [0.4, 0.5) is 14.5 Å². The van der Waals surface area contributed by atoms with Crippen molar-refractivity contribution in [2.45, 2.75) is 25.4 Å². The standard InChI is InChI=1S/C14H18F2N2O2/c15-10-3-4-13(12(16)8-10)18-14(19)5-6-17-9-11-2-1-7-20-11/h3-4,8,11,17H,1-2,5-7,9H2,(H,18,19). The van der Waals surface area contributed by atoms with E-state index in [2.05, 4.69) is 10.6 Å². The van der Waals surface area contributed by atoms with Gasteiger partial charge < -0.3 is 15.4 Å². The molecule has 0 radical (unpaired) electrons. The molecule has 1 saturated heterocycles. The first kappa shape index (κ1) is 14.9. The normalized spacial score (nSPS) is 18.2. The predicted molar refractivity (Wildman–Crippen MR) is 71.4 cm³/mol. The molecule has 2 N–H and O–H groups in total. The second-order valence-electron chi connectivity index (χ2n) is 4.76. The molecule has 0 bridgehead atoms. The van der Waals surface area contributed by atoms with E-state index in [1.54, 1.807) is 0 Å². The molecule has 110 valence electrons. The minimum absolute atomic E-state index is 0.00414. The maximum absolute atomic E-state index is 13.3.